The molecule has 0 bridgehead atoms. The molecule has 24 heavy (non-hydrogen) atoms. The van der Waals surface area contributed by atoms with Crippen LogP contribution in [0, 0.1) is 6.92 Å². The van der Waals surface area contributed by atoms with E-state index in [1.54, 1.807) is 13.2 Å². The molecule has 0 atom stereocenters. The largest absolute Gasteiger partial charge is 0.495 e. The van der Waals surface area contributed by atoms with E-state index in [1.165, 1.54) is 28.2 Å². The molecule has 0 saturated heterocycles. The third-order valence-corrected chi connectivity index (χ3v) is 5.24. The third-order valence-electron chi connectivity index (χ3n) is 4.01. The van der Waals surface area contributed by atoms with Gasteiger partial charge in [0.05, 0.1) is 24.2 Å². The first-order chi connectivity index (χ1) is 11.6. The maximum Gasteiger partial charge on any atom is 0.261 e. The summed E-state index contributed by atoms with van der Waals surface area (Å²) in [7, 11) is 1.55. The predicted molar refractivity (Wildman–Crippen MR) is 95.0 cm³/mol. The van der Waals surface area contributed by atoms with Crippen LogP contribution >= 0.6 is 11.3 Å². The lowest BCUT2D eigenvalue weighted by atomic mass is 10.2. The van der Waals surface area contributed by atoms with Gasteiger partial charge in [0.2, 0.25) is 5.91 Å². The summed E-state index contributed by atoms with van der Waals surface area (Å²) in [5, 5.41) is 5.45. The van der Waals surface area contributed by atoms with Gasteiger partial charge in [-0.1, -0.05) is 6.07 Å². The number of hydrogen-bond donors (Lipinski definition) is 2. The lowest BCUT2D eigenvalue weighted by molar-refractivity contribution is -0.115. The van der Waals surface area contributed by atoms with Gasteiger partial charge in [-0.25, -0.2) is 0 Å². The van der Waals surface area contributed by atoms with Gasteiger partial charge in [-0.05, 0) is 55.5 Å². The van der Waals surface area contributed by atoms with Crippen molar-refractivity contribution in [3.63, 3.8) is 0 Å². The Labute approximate surface area is 145 Å². The highest BCUT2D eigenvalue weighted by Gasteiger charge is 2.19. The average Bonchev–Trinajstić information content (AvgIpc) is 3.14. The monoisotopic (exact) mass is 344 g/mol. The van der Waals surface area contributed by atoms with Gasteiger partial charge in [0, 0.05) is 4.88 Å². The molecule has 2 amide bonds. The van der Waals surface area contributed by atoms with Crippen molar-refractivity contribution < 1.29 is 14.3 Å². The number of methoxy groups -OCH3 is 1. The van der Waals surface area contributed by atoms with E-state index in [9.17, 15) is 9.59 Å². The minimum Gasteiger partial charge on any atom is -0.495 e. The van der Waals surface area contributed by atoms with Crippen LogP contribution in [-0.4, -0.2) is 25.5 Å². The van der Waals surface area contributed by atoms with E-state index >= 15 is 0 Å². The Bertz CT molecular complexity index is 761. The van der Waals surface area contributed by atoms with E-state index in [-0.39, 0.29) is 18.4 Å². The van der Waals surface area contributed by atoms with Gasteiger partial charge < -0.3 is 15.4 Å². The highest BCUT2D eigenvalue weighted by atomic mass is 32.1. The fraction of sp³-hybridized carbons (Fsp3) is 0.333. The van der Waals surface area contributed by atoms with Crippen LogP contribution in [0.4, 0.5) is 5.69 Å². The topological polar surface area (TPSA) is 67.4 Å². The second kappa shape index (κ2) is 7.05. The number of hydrogen-bond acceptors (Lipinski definition) is 4. The summed E-state index contributed by atoms with van der Waals surface area (Å²) >= 11 is 1.53. The first-order valence-corrected chi connectivity index (χ1v) is 8.72. The summed E-state index contributed by atoms with van der Waals surface area (Å²) in [6, 6.07) is 7.50. The normalized spacial score (nSPS) is 12.6. The molecular formula is C18H20N2O3S. The molecule has 0 spiro atoms. The quantitative estimate of drug-likeness (QED) is 0.876. The molecule has 0 saturated carbocycles. The number of rotatable bonds is 5. The fourth-order valence-electron chi connectivity index (χ4n) is 2.80. The average molecular weight is 344 g/mol. The number of carbonyl (C=O) groups is 2. The predicted octanol–water partition coefficient (Wildman–Crippen LogP) is 2.92. The fourth-order valence-corrected chi connectivity index (χ4v) is 3.97. The summed E-state index contributed by atoms with van der Waals surface area (Å²) in [4.78, 5) is 26.2. The standard InChI is InChI=1S/C18H20N2O3S/c1-11-6-7-14(23-2)13(8-11)20-17(21)10-19-18(22)16-9-12-4-3-5-15(12)24-16/h6-9H,3-5,10H2,1-2H3,(H,19,22)(H,20,21). The Hall–Kier alpha value is -2.34. The number of aryl methyl sites for hydroxylation is 3. The van der Waals surface area contributed by atoms with Crippen molar-refractivity contribution in [3.8, 4) is 5.75 Å². The van der Waals surface area contributed by atoms with Gasteiger partial charge in [-0.3, -0.25) is 9.59 Å². The molecule has 1 aromatic heterocycles. The highest BCUT2D eigenvalue weighted by Crippen LogP contribution is 2.30. The minimum absolute atomic E-state index is 0.0709. The van der Waals surface area contributed by atoms with E-state index in [0.717, 1.165) is 18.4 Å². The van der Waals surface area contributed by atoms with Crippen LogP contribution in [0.15, 0.2) is 24.3 Å². The van der Waals surface area contributed by atoms with E-state index in [4.69, 9.17) is 4.74 Å². The SMILES string of the molecule is COc1ccc(C)cc1NC(=O)CNC(=O)c1cc2c(s1)CCC2. The van der Waals surface area contributed by atoms with E-state index in [1.807, 2.05) is 25.1 Å². The molecule has 5 nitrogen and oxygen atoms in total. The first kappa shape index (κ1) is 16.5. The molecule has 0 unspecified atom stereocenters. The van der Waals surface area contributed by atoms with Crippen LogP contribution in [0.2, 0.25) is 0 Å². The van der Waals surface area contributed by atoms with Crippen LogP contribution in [0.1, 0.15) is 32.1 Å². The molecule has 0 fully saturated rings. The molecule has 0 radical (unpaired) electrons. The van der Waals surface area contributed by atoms with Crippen molar-refractivity contribution in [1.29, 1.82) is 0 Å². The maximum atomic E-state index is 12.2. The highest BCUT2D eigenvalue weighted by molar-refractivity contribution is 7.14. The van der Waals surface area contributed by atoms with E-state index in [0.29, 0.717) is 16.3 Å². The van der Waals surface area contributed by atoms with Crippen LogP contribution < -0.4 is 15.4 Å². The second-order valence-corrected chi connectivity index (χ2v) is 6.98. The Morgan fingerprint density at radius 3 is 2.83 bits per heavy atom. The van der Waals surface area contributed by atoms with Crippen LogP contribution in [-0.2, 0) is 17.6 Å². The van der Waals surface area contributed by atoms with Crippen molar-refractivity contribution in [3.05, 3.63) is 45.1 Å². The second-order valence-electron chi connectivity index (χ2n) is 5.85. The number of fused-ring (bicyclic) bond motifs is 1. The zero-order valence-corrected chi connectivity index (χ0v) is 14.6. The molecule has 126 valence electrons. The van der Waals surface area contributed by atoms with Crippen LogP contribution in [0.3, 0.4) is 0 Å². The van der Waals surface area contributed by atoms with Gasteiger partial charge in [0.1, 0.15) is 5.75 Å². The summed E-state index contributed by atoms with van der Waals surface area (Å²) in [6.07, 6.45) is 3.28. The molecule has 1 heterocycles. The number of benzene rings is 1. The van der Waals surface area contributed by atoms with Crippen molar-refractivity contribution >= 4 is 28.8 Å². The third kappa shape index (κ3) is 3.59. The molecule has 6 heteroatoms. The van der Waals surface area contributed by atoms with Crippen LogP contribution in [0.5, 0.6) is 5.75 Å². The van der Waals surface area contributed by atoms with Gasteiger partial charge in [0.15, 0.2) is 0 Å². The van der Waals surface area contributed by atoms with Gasteiger partial charge in [-0.15, -0.1) is 11.3 Å². The zero-order chi connectivity index (χ0) is 17.1. The Morgan fingerprint density at radius 2 is 2.08 bits per heavy atom. The summed E-state index contributed by atoms with van der Waals surface area (Å²) in [5.74, 6) is 0.118. The number of amides is 2. The van der Waals surface area contributed by atoms with E-state index in [2.05, 4.69) is 10.6 Å². The van der Waals surface area contributed by atoms with Crippen LogP contribution in [0.25, 0.3) is 0 Å². The number of thiophene rings is 1. The smallest absolute Gasteiger partial charge is 0.261 e. The molecule has 0 aliphatic heterocycles. The molecule has 1 aliphatic carbocycles. The van der Waals surface area contributed by atoms with Crippen molar-refractivity contribution in [2.75, 3.05) is 19.0 Å². The van der Waals surface area contributed by atoms with Crippen molar-refractivity contribution in [2.24, 2.45) is 0 Å². The summed E-state index contributed by atoms with van der Waals surface area (Å²) in [5.41, 5.74) is 2.90. The minimum atomic E-state index is -0.281. The molecule has 3 rings (SSSR count). The number of nitrogens with one attached hydrogen (secondary N) is 2. The lowest BCUT2D eigenvalue weighted by Crippen LogP contribution is -2.32. The van der Waals surface area contributed by atoms with Gasteiger partial charge in [-0.2, -0.15) is 0 Å². The van der Waals surface area contributed by atoms with Crippen molar-refractivity contribution in [1.82, 2.24) is 5.32 Å². The molecular weight excluding hydrogens is 324 g/mol. The van der Waals surface area contributed by atoms with Gasteiger partial charge >= 0.3 is 0 Å². The Morgan fingerprint density at radius 1 is 1.25 bits per heavy atom. The maximum absolute atomic E-state index is 12.2. The Balaban J connectivity index is 1.57. The van der Waals surface area contributed by atoms with E-state index < -0.39 is 0 Å². The van der Waals surface area contributed by atoms with Gasteiger partial charge in [0.25, 0.3) is 5.91 Å². The molecule has 2 aromatic rings. The molecule has 2 N–H and O–H groups in total. The zero-order valence-electron chi connectivity index (χ0n) is 13.8. The molecule has 1 aliphatic rings. The van der Waals surface area contributed by atoms with Crippen molar-refractivity contribution in [2.45, 2.75) is 26.2 Å². The lowest BCUT2D eigenvalue weighted by Gasteiger charge is -2.11. The first-order valence-electron chi connectivity index (χ1n) is 7.91. The Kier molecular flexibility index (Phi) is 4.85. The number of anilines is 1. The molecule has 1 aromatic carbocycles. The number of ether oxygens (including phenoxy) is 1. The summed E-state index contributed by atoms with van der Waals surface area (Å²) < 4.78 is 5.23. The number of carbonyl (C=O) groups excluding carboxylic acids is 2. The summed E-state index contributed by atoms with van der Waals surface area (Å²) in [6.45, 7) is 1.87.